The van der Waals surface area contributed by atoms with Gasteiger partial charge in [-0.05, 0) is 61.3 Å². The summed E-state index contributed by atoms with van der Waals surface area (Å²) in [5, 5.41) is 0.320. The van der Waals surface area contributed by atoms with E-state index in [0.29, 0.717) is 11.3 Å². The fraction of sp³-hybridized carbons (Fsp3) is 0.625. The largest absolute Gasteiger partial charge is 0.497 e. The van der Waals surface area contributed by atoms with E-state index in [1.54, 1.807) is 7.11 Å². The molecule has 0 aliphatic heterocycles. The standard InChI is InChI=1S/C16H22BrClO/c1-3-11-4-7-16(18)13(8-11)9-12-10-14(19-2)5-6-15(12)17/h5-6,10-11,13,16H,3-4,7-9H2,1-2H3. The summed E-state index contributed by atoms with van der Waals surface area (Å²) < 4.78 is 6.48. The zero-order valence-corrected chi connectivity index (χ0v) is 14.0. The van der Waals surface area contributed by atoms with E-state index in [4.69, 9.17) is 16.3 Å². The lowest BCUT2D eigenvalue weighted by molar-refractivity contribution is 0.264. The Morgan fingerprint density at radius 1 is 1.37 bits per heavy atom. The zero-order chi connectivity index (χ0) is 13.8. The van der Waals surface area contributed by atoms with Gasteiger partial charge >= 0.3 is 0 Å². The number of methoxy groups -OCH3 is 1. The molecule has 2 rings (SSSR count). The Bertz CT molecular complexity index is 421. The number of halogens is 2. The normalized spacial score (nSPS) is 27.3. The maximum Gasteiger partial charge on any atom is 0.119 e. The van der Waals surface area contributed by atoms with Gasteiger partial charge in [-0.1, -0.05) is 29.3 Å². The number of hydrogen-bond acceptors (Lipinski definition) is 1. The van der Waals surface area contributed by atoms with Gasteiger partial charge in [-0.3, -0.25) is 0 Å². The van der Waals surface area contributed by atoms with E-state index in [1.807, 2.05) is 6.07 Å². The number of alkyl halides is 1. The van der Waals surface area contributed by atoms with E-state index in [9.17, 15) is 0 Å². The van der Waals surface area contributed by atoms with Gasteiger partial charge in [0.05, 0.1) is 7.11 Å². The quantitative estimate of drug-likeness (QED) is 0.661. The fourth-order valence-corrected chi connectivity index (χ4v) is 3.75. The fourth-order valence-electron chi connectivity index (χ4n) is 3.02. The Morgan fingerprint density at radius 2 is 2.16 bits per heavy atom. The first kappa shape index (κ1) is 15.2. The molecule has 0 N–H and O–H groups in total. The summed E-state index contributed by atoms with van der Waals surface area (Å²) in [6.07, 6.45) is 6.03. The van der Waals surface area contributed by atoms with Crippen LogP contribution in [0.5, 0.6) is 5.75 Å². The molecular weight excluding hydrogens is 324 g/mol. The van der Waals surface area contributed by atoms with Crippen molar-refractivity contribution < 1.29 is 4.74 Å². The van der Waals surface area contributed by atoms with Crippen LogP contribution < -0.4 is 4.74 Å². The smallest absolute Gasteiger partial charge is 0.119 e. The van der Waals surface area contributed by atoms with E-state index < -0.39 is 0 Å². The molecule has 0 radical (unpaired) electrons. The molecule has 1 nitrogen and oxygen atoms in total. The van der Waals surface area contributed by atoms with Crippen molar-refractivity contribution in [1.29, 1.82) is 0 Å². The molecule has 0 amide bonds. The molecule has 3 heteroatoms. The lowest BCUT2D eigenvalue weighted by Crippen LogP contribution is -2.27. The SMILES string of the molecule is CCC1CCC(Cl)C(Cc2cc(OC)ccc2Br)C1. The van der Waals surface area contributed by atoms with Crippen molar-refractivity contribution in [3.8, 4) is 5.75 Å². The van der Waals surface area contributed by atoms with Crippen molar-refractivity contribution in [1.82, 2.24) is 0 Å². The third kappa shape index (κ3) is 3.88. The Labute approximate surface area is 129 Å². The first-order valence-electron chi connectivity index (χ1n) is 7.10. The maximum atomic E-state index is 6.53. The van der Waals surface area contributed by atoms with Crippen molar-refractivity contribution in [3.63, 3.8) is 0 Å². The Kier molecular flexibility index (Phi) is 5.58. The highest BCUT2D eigenvalue weighted by Gasteiger charge is 2.28. The van der Waals surface area contributed by atoms with Crippen LogP contribution in [-0.4, -0.2) is 12.5 Å². The summed E-state index contributed by atoms with van der Waals surface area (Å²) in [6.45, 7) is 2.29. The predicted molar refractivity (Wildman–Crippen MR) is 85.2 cm³/mol. The summed E-state index contributed by atoms with van der Waals surface area (Å²) in [6, 6.07) is 6.18. The van der Waals surface area contributed by atoms with Crippen LogP contribution in [-0.2, 0) is 6.42 Å². The molecule has 1 aromatic carbocycles. The molecule has 106 valence electrons. The van der Waals surface area contributed by atoms with Gasteiger partial charge < -0.3 is 4.74 Å². The molecule has 0 spiro atoms. The highest BCUT2D eigenvalue weighted by Crippen LogP contribution is 2.37. The maximum absolute atomic E-state index is 6.53. The Balaban J connectivity index is 2.10. The van der Waals surface area contributed by atoms with E-state index in [2.05, 4.69) is 35.0 Å². The van der Waals surface area contributed by atoms with E-state index in [1.165, 1.54) is 24.8 Å². The second kappa shape index (κ2) is 6.99. The van der Waals surface area contributed by atoms with Crippen LogP contribution in [0.2, 0.25) is 0 Å². The lowest BCUT2D eigenvalue weighted by Gasteiger charge is -2.33. The van der Waals surface area contributed by atoms with Crippen LogP contribution in [0, 0.1) is 11.8 Å². The zero-order valence-electron chi connectivity index (χ0n) is 11.7. The molecule has 1 aromatic rings. The van der Waals surface area contributed by atoms with Crippen LogP contribution in [0.1, 0.15) is 38.2 Å². The van der Waals surface area contributed by atoms with Gasteiger partial charge in [0.25, 0.3) is 0 Å². The van der Waals surface area contributed by atoms with Crippen molar-refractivity contribution in [2.24, 2.45) is 11.8 Å². The van der Waals surface area contributed by atoms with Gasteiger partial charge in [-0.15, -0.1) is 11.6 Å². The molecule has 19 heavy (non-hydrogen) atoms. The van der Waals surface area contributed by atoms with Crippen LogP contribution in [0.4, 0.5) is 0 Å². The van der Waals surface area contributed by atoms with Gasteiger partial charge in [0.1, 0.15) is 5.75 Å². The number of rotatable bonds is 4. The summed E-state index contributed by atoms with van der Waals surface area (Å²) >= 11 is 10.2. The van der Waals surface area contributed by atoms with E-state index in [-0.39, 0.29) is 0 Å². The monoisotopic (exact) mass is 344 g/mol. The van der Waals surface area contributed by atoms with Crippen LogP contribution >= 0.6 is 27.5 Å². The molecule has 1 aliphatic carbocycles. The summed E-state index contributed by atoms with van der Waals surface area (Å²) in [5.41, 5.74) is 1.31. The highest BCUT2D eigenvalue weighted by molar-refractivity contribution is 9.10. The third-order valence-corrected chi connectivity index (χ3v) is 5.66. The summed E-state index contributed by atoms with van der Waals surface area (Å²) in [4.78, 5) is 0. The van der Waals surface area contributed by atoms with Gasteiger partial charge in [0.2, 0.25) is 0 Å². The molecule has 3 atom stereocenters. The van der Waals surface area contributed by atoms with Crippen molar-refractivity contribution in [2.45, 2.75) is 44.4 Å². The first-order chi connectivity index (χ1) is 9.13. The second-order valence-electron chi connectivity index (χ2n) is 5.52. The van der Waals surface area contributed by atoms with Crippen molar-refractivity contribution in [3.05, 3.63) is 28.2 Å². The predicted octanol–water partition coefficient (Wildman–Crippen LogP) is 5.43. The van der Waals surface area contributed by atoms with Gasteiger partial charge in [-0.25, -0.2) is 0 Å². The average molecular weight is 346 g/mol. The number of benzene rings is 1. The molecule has 1 aliphatic rings. The molecule has 1 fully saturated rings. The summed E-state index contributed by atoms with van der Waals surface area (Å²) in [7, 11) is 1.71. The van der Waals surface area contributed by atoms with Crippen molar-refractivity contribution in [2.75, 3.05) is 7.11 Å². The summed E-state index contributed by atoms with van der Waals surface area (Å²) in [5.74, 6) is 2.36. The number of hydrogen-bond donors (Lipinski definition) is 0. The van der Waals surface area contributed by atoms with E-state index in [0.717, 1.165) is 29.0 Å². The third-order valence-electron chi connectivity index (χ3n) is 4.31. The van der Waals surface area contributed by atoms with Crippen LogP contribution in [0.25, 0.3) is 0 Å². The van der Waals surface area contributed by atoms with Crippen LogP contribution in [0.15, 0.2) is 22.7 Å². The van der Waals surface area contributed by atoms with Gasteiger partial charge in [0, 0.05) is 9.85 Å². The molecule has 0 saturated heterocycles. The average Bonchev–Trinajstić information content (AvgIpc) is 2.43. The molecule has 0 bridgehead atoms. The van der Waals surface area contributed by atoms with Gasteiger partial charge in [0.15, 0.2) is 0 Å². The van der Waals surface area contributed by atoms with E-state index >= 15 is 0 Å². The first-order valence-corrected chi connectivity index (χ1v) is 8.33. The highest BCUT2D eigenvalue weighted by atomic mass is 79.9. The number of ether oxygens (including phenoxy) is 1. The molecule has 3 unspecified atom stereocenters. The minimum Gasteiger partial charge on any atom is -0.497 e. The molecular formula is C16H22BrClO. The lowest BCUT2D eigenvalue weighted by atomic mass is 9.77. The second-order valence-corrected chi connectivity index (χ2v) is 6.94. The van der Waals surface area contributed by atoms with Crippen molar-refractivity contribution >= 4 is 27.5 Å². The topological polar surface area (TPSA) is 9.23 Å². The minimum absolute atomic E-state index is 0.320. The molecule has 1 saturated carbocycles. The molecule has 0 heterocycles. The minimum atomic E-state index is 0.320. The molecule has 0 aromatic heterocycles. The van der Waals surface area contributed by atoms with Gasteiger partial charge in [-0.2, -0.15) is 0 Å². The van der Waals surface area contributed by atoms with Crippen LogP contribution in [0.3, 0.4) is 0 Å². The Morgan fingerprint density at radius 3 is 2.84 bits per heavy atom. The Hall–Kier alpha value is -0.210.